The molecule has 1 aliphatic rings. The van der Waals surface area contributed by atoms with Gasteiger partial charge in [0.15, 0.2) is 0 Å². The summed E-state index contributed by atoms with van der Waals surface area (Å²) >= 11 is 0. The Balaban J connectivity index is 2.69. The minimum atomic E-state index is -4.36. The molecule has 0 bridgehead atoms. The second kappa shape index (κ2) is 10.2. The normalized spacial score (nSPS) is 21.9. The lowest BCUT2D eigenvalue weighted by molar-refractivity contribution is -0.124. The largest absolute Gasteiger partial charge is 0.443 e. The van der Waals surface area contributed by atoms with Gasteiger partial charge in [0.1, 0.15) is 18.5 Å². The molecule has 0 spiro atoms. The Kier molecular flexibility index (Phi) is 8.32. The molecular formula is C23H34N2O7S. The average Bonchev–Trinajstić information content (AvgIpc) is 2.70. The number of carbonyl (C=O) groups is 2. The van der Waals surface area contributed by atoms with Crippen molar-refractivity contribution in [1.82, 2.24) is 9.21 Å². The number of hydrogen-bond donors (Lipinski definition) is 0. The first-order chi connectivity index (χ1) is 15.3. The van der Waals surface area contributed by atoms with Gasteiger partial charge in [0.05, 0.1) is 17.0 Å². The summed E-state index contributed by atoms with van der Waals surface area (Å²) in [5.41, 5.74) is -0.0479. The number of rotatable bonds is 7. The van der Waals surface area contributed by atoms with Gasteiger partial charge in [-0.15, -0.1) is 6.58 Å². The average molecular weight is 483 g/mol. The van der Waals surface area contributed by atoms with Crippen molar-refractivity contribution in [2.24, 2.45) is 5.92 Å². The first-order valence-electron chi connectivity index (χ1n) is 10.7. The molecule has 0 N–H and O–H groups in total. The van der Waals surface area contributed by atoms with E-state index in [1.807, 2.05) is 20.8 Å². The highest BCUT2D eigenvalue weighted by atomic mass is 32.2. The zero-order chi connectivity index (χ0) is 25.1. The summed E-state index contributed by atoms with van der Waals surface area (Å²) in [4.78, 5) is 27.6. The predicted molar refractivity (Wildman–Crippen MR) is 123 cm³/mol. The van der Waals surface area contributed by atoms with Gasteiger partial charge in [-0.25, -0.2) is 27.2 Å². The molecule has 0 aromatic heterocycles. The SMILES string of the molecule is C=CC1C(OCOC)C(C(C)C)N(C(=O)OC(C)(C)C)C(=O)N1S(=O)(=O)c1ccc(C)cc1. The zero-order valence-electron chi connectivity index (χ0n) is 20.3. The highest BCUT2D eigenvalue weighted by molar-refractivity contribution is 7.89. The summed E-state index contributed by atoms with van der Waals surface area (Å²) in [5, 5.41) is 0. The first-order valence-corrected chi connectivity index (χ1v) is 12.1. The highest BCUT2D eigenvalue weighted by Gasteiger charge is 2.55. The molecule has 1 aromatic carbocycles. The number of methoxy groups -OCH3 is 1. The van der Waals surface area contributed by atoms with Crippen LogP contribution in [0.3, 0.4) is 0 Å². The Labute approximate surface area is 196 Å². The van der Waals surface area contributed by atoms with Gasteiger partial charge in [-0.1, -0.05) is 37.6 Å². The van der Waals surface area contributed by atoms with Crippen molar-refractivity contribution in [1.29, 1.82) is 0 Å². The Bertz CT molecular complexity index is 968. The van der Waals surface area contributed by atoms with E-state index in [2.05, 4.69) is 6.58 Å². The number of benzene rings is 1. The van der Waals surface area contributed by atoms with Gasteiger partial charge >= 0.3 is 12.1 Å². The number of carbonyl (C=O) groups excluding carboxylic acids is 2. The molecule has 1 saturated heterocycles. The summed E-state index contributed by atoms with van der Waals surface area (Å²) in [5.74, 6) is -0.282. The second-order valence-electron chi connectivity index (χ2n) is 9.25. The molecular weight excluding hydrogens is 448 g/mol. The molecule has 3 amide bonds. The van der Waals surface area contributed by atoms with E-state index < -0.39 is 45.9 Å². The van der Waals surface area contributed by atoms with Gasteiger partial charge in [0, 0.05) is 7.11 Å². The smallest absolute Gasteiger partial charge is 0.418 e. The van der Waals surface area contributed by atoms with Gasteiger partial charge in [0.2, 0.25) is 0 Å². The molecule has 0 saturated carbocycles. The van der Waals surface area contributed by atoms with E-state index >= 15 is 0 Å². The lowest BCUT2D eigenvalue weighted by atomic mass is 9.90. The maximum absolute atomic E-state index is 13.7. The van der Waals surface area contributed by atoms with E-state index in [0.29, 0.717) is 4.31 Å². The lowest BCUT2D eigenvalue weighted by Crippen LogP contribution is -2.70. The Hall–Kier alpha value is -2.43. The summed E-state index contributed by atoms with van der Waals surface area (Å²) in [6.45, 7) is 14.0. The fraction of sp³-hybridized carbons (Fsp3) is 0.565. The maximum Gasteiger partial charge on any atom is 0.418 e. The molecule has 10 heteroatoms. The van der Waals surface area contributed by atoms with E-state index in [1.54, 1.807) is 32.9 Å². The molecule has 0 radical (unpaired) electrons. The van der Waals surface area contributed by atoms with Crippen LogP contribution in [0.2, 0.25) is 0 Å². The van der Waals surface area contributed by atoms with Crippen LogP contribution in [0.1, 0.15) is 40.2 Å². The van der Waals surface area contributed by atoms with E-state index in [1.165, 1.54) is 25.3 Å². The number of imide groups is 1. The maximum atomic E-state index is 13.7. The van der Waals surface area contributed by atoms with Gasteiger partial charge in [-0.05, 0) is 45.7 Å². The standard InChI is InChI=1S/C23H34N2O7S/c1-9-18-20(31-14-30-8)19(15(2)3)24(22(27)32-23(5,6)7)21(26)25(18)33(28,29)17-12-10-16(4)11-13-17/h9-13,15,18-20H,1,14H2,2-8H3. The molecule has 3 unspecified atom stereocenters. The molecule has 184 valence electrons. The third kappa shape index (κ3) is 5.74. The van der Waals surface area contributed by atoms with Crippen LogP contribution in [-0.4, -0.2) is 67.4 Å². The Morgan fingerprint density at radius 2 is 1.79 bits per heavy atom. The molecule has 3 atom stereocenters. The van der Waals surface area contributed by atoms with Gasteiger partial charge < -0.3 is 14.2 Å². The zero-order valence-corrected chi connectivity index (χ0v) is 21.1. The van der Waals surface area contributed by atoms with E-state index in [0.717, 1.165) is 10.5 Å². The van der Waals surface area contributed by atoms with Crippen molar-refractivity contribution in [2.75, 3.05) is 13.9 Å². The number of ether oxygens (including phenoxy) is 3. The fourth-order valence-electron chi connectivity index (χ4n) is 3.69. The molecule has 0 aliphatic carbocycles. The molecule has 2 rings (SSSR count). The number of aryl methyl sites for hydroxylation is 1. The molecule has 1 heterocycles. The summed E-state index contributed by atoms with van der Waals surface area (Å²) in [7, 11) is -2.94. The first kappa shape index (κ1) is 26.8. The van der Waals surface area contributed by atoms with Gasteiger partial charge in [-0.2, -0.15) is 0 Å². The van der Waals surface area contributed by atoms with E-state index in [9.17, 15) is 18.0 Å². The van der Waals surface area contributed by atoms with Crippen molar-refractivity contribution in [3.05, 3.63) is 42.5 Å². The van der Waals surface area contributed by atoms with Crippen LogP contribution in [-0.2, 0) is 24.2 Å². The highest BCUT2D eigenvalue weighted by Crippen LogP contribution is 2.35. The van der Waals surface area contributed by atoms with Crippen molar-refractivity contribution < 1.29 is 32.2 Å². The van der Waals surface area contributed by atoms with Crippen LogP contribution in [0.4, 0.5) is 9.59 Å². The van der Waals surface area contributed by atoms with Gasteiger partial charge in [-0.3, -0.25) is 0 Å². The predicted octanol–water partition coefficient (Wildman–Crippen LogP) is 3.92. The summed E-state index contributed by atoms with van der Waals surface area (Å²) in [6, 6.07) is 3.16. The monoisotopic (exact) mass is 482 g/mol. The van der Waals surface area contributed by atoms with Crippen LogP contribution in [0.15, 0.2) is 41.8 Å². The summed E-state index contributed by atoms with van der Waals surface area (Å²) < 4.78 is 44.2. The van der Waals surface area contributed by atoms with Crippen LogP contribution >= 0.6 is 0 Å². The number of hydrogen-bond acceptors (Lipinski definition) is 7. The molecule has 9 nitrogen and oxygen atoms in total. The topological polar surface area (TPSA) is 102 Å². The number of sulfonamides is 1. The van der Waals surface area contributed by atoms with Crippen molar-refractivity contribution in [3.63, 3.8) is 0 Å². The molecule has 33 heavy (non-hydrogen) atoms. The molecule has 1 aromatic rings. The number of amides is 3. The Morgan fingerprint density at radius 3 is 2.24 bits per heavy atom. The van der Waals surface area contributed by atoms with Crippen molar-refractivity contribution >= 4 is 22.1 Å². The molecule has 1 fully saturated rings. The minimum absolute atomic E-state index is 0.0917. The van der Waals surface area contributed by atoms with Crippen LogP contribution < -0.4 is 0 Å². The lowest BCUT2D eigenvalue weighted by Gasteiger charge is -2.49. The van der Waals surface area contributed by atoms with E-state index in [4.69, 9.17) is 14.2 Å². The minimum Gasteiger partial charge on any atom is -0.443 e. The van der Waals surface area contributed by atoms with Crippen molar-refractivity contribution in [3.8, 4) is 0 Å². The van der Waals surface area contributed by atoms with E-state index in [-0.39, 0.29) is 17.6 Å². The van der Waals surface area contributed by atoms with Crippen molar-refractivity contribution in [2.45, 2.75) is 70.2 Å². The number of urea groups is 1. The third-order valence-electron chi connectivity index (χ3n) is 5.11. The van der Waals surface area contributed by atoms with Crippen LogP contribution in [0, 0.1) is 12.8 Å². The third-order valence-corrected chi connectivity index (χ3v) is 6.89. The van der Waals surface area contributed by atoms with Crippen LogP contribution in [0.5, 0.6) is 0 Å². The Morgan fingerprint density at radius 1 is 1.21 bits per heavy atom. The van der Waals surface area contributed by atoms with Crippen LogP contribution in [0.25, 0.3) is 0 Å². The fourth-order valence-corrected chi connectivity index (χ4v) is 5.22. The number of nitrogens with zero attached hydrogens (tertiary/aromatic N) is 2. The molecule has 1 aliphatic heterocycles. The second-order valence-corrected chi connectivity index (χ2v) is 11.1. The van der Waals surface area contributed by atoms with Gasteiger partial charge in [0.25, 0.3) is 10.0 Å². The summed E-state index contributed by atoms with van der Waals surface area (Å²) in [6.07, 6.45) is -0.553. The quantitative estimate of drug-likeness (QED) is 0.429.